The number of para-hydroxylation sites is 1. The summed E-state index contributed by atoms with van der Waals surface area (Å²) in [6, 6.07) is 10.3. The number of carbonyl (C=O) groups is 1. The Morgan fingerprint density at radius 1 is 1.33 bits per heavy atom. The second kappa shape index (κ2) is 6.30. The molecule has 2 aliphatic rings. The molecular formula is C19H23N3O2. The predicted molar refractivity (Wildman–Crippen MR) is 90.8 cm³/mol. The van der Waals surface area contributed by atoms with E-state index in [4.69, 9.17) is 4.74 Å². The molecule has 24 heavy (non-hydrogen) atoms. The highest BCUT2D eigenvalue weighted by Crippen LogP contribution is 2.51. The summed E-state index contributed by atoms with van der Waals surface area (Å²) in [5.74, 6) is 1.62. The molecule has 1 amide bonds. The number of likely N-dealkylation sites (tertiary alicyclic amines) is 1. The SMILES string of the molecule is COc1ccccc1[C@@H]1C[C@H]1C(=O)N1CCC[C@@H]1Cn1cccn1. The van der Waals surface area contributed by atoms with Gasteiger partial charge in [-0.05, 0) is 42.9 Å². The quantitative estimate of drug-likeness (QED) is 0.849. The molecule has 1 saturated heterocycles. The molecule has 1 aliphatic carbocycles. The number of ether oxygens (including phenoxy) is 1. The molecule has 126 valence electrons. The number of hydrogen-bond acceptors (Lipinski definition) is 3. The number of rotatable bonds is 5. The summed E-state index contributed by atoms with van der Waals surface area (Å²) >= 11 is 0. The maximum Gasteiger partial charge on any atom is 0.226 e. The van der Waals surface area contributed by atoms with Crippen LogP contribution in [0.2, 0.25) is 0 Å². The van der Waals surface area contributed by atoms with E-state index < -0.39 is 0 Å². The maximum absolute atomic E-state index is 13.0. The molecule has 0 unspecified atom stereocenters. The van der Waals surface area contributed by atoms with E-state index >= 15 is 0 Å². The van der Waals surface area contributed by atoms with Crippen LogP contribution in [-0.2, 0) is 11.3 Å². The Balaban J connectivity index is 1.44. The molecule has 2 fully saturated rings. The molecule has 0 N–H and O–H groups in total. The zero-order valence-electron chi connectivity index (χ0n) is 14.0. The fourth-order valence-electron chi connectivity index (χ4n) is 3.94. The summed E-state index contributed by atoms with van der Waals surface area (Å²) in [5, 5.41) is 4.28. The third-order valence-electron chi connectivity index (χ3n) is 5.26. The van der Waals surface area contributed by atoms with Crippen molar-refractivity contribution >= 4 is 5.91 Å². The number of amides is 1. The van der Waals surface area contributed by atoms with Gasteiger partial charge in [0.05, 0.1) is 19.7 Å². The minimum absolute atomic E-state index is 0.111. The molecule has 5 nitrogen and oxygen atoms in total. The van der Waals surface area contributed by atoms with E-state index in [1.54, 1.807) is 13.3 Å². The van der Waals surface area contributed by atoms with Crippen LogP contribution in [0.15, 0.2) is 42.7 Å². The topological polar surface area (TPSA) is 47.4 Å². The van der Waals surface area contributed by atoms with Crippen LogP contribution in [0.1, 0.15) is 30.7 Å². The van der Waals surface area contributed by atoms with Gasteiger partial charge in [-0.1, -0.05) is 18.2 Å². The number of methoxy groups -OCH3 is 1. The van der Waals surface area contributed by atoms with E-state index in [2.05, 4.69) is 16.1 Å². The van der Waals surface area contributed by atoms with E-state index in [0.29, 0.717) is 11.8 Å². The van der Waals surface area contributed by atoms with E-state index in [-0.39, 0.29) is 12.0 Å². The summed E-state index contributed by atoms with van der Waals surface area (Å²) in [4.78, 5) is 15.1. The van der Waals surface area contributed by atoms with Crippen molar-refractivity contribution in [2.75, 3.05) is 13.7 Å². The predicted octanol–water partition coefficient (Wildman–Crippen LogP) is 2.69. The molecule has 4 rings (SSSR count). The lowest BCUT2D eigenvalue weighted by Crippen LogP contribution is -2.39. The van der Waals surface area contributed by atoms with Crippen LogP contribution >= 0.6 is 0 Å². The molecular weight excluding hydrogens is 302 g/mol. The van der Waals surface area contributed by atoms with Crippen LogP contribution < -0.4 is 4.74 Å². The van der Waals surface area contributed by atoms with Gasteiger partial charge in [0, 0.05) is 24.9 Å². The first-order valence-electron chi connectivity index (χ1n) is 8.68. The molecule has 1 aliphatic heterocycles. The first-order chi connectivity index (χ1) is 11.8. The summed E-state index contributed by atoms with van der Waals surface area (Å²) in [7, 11) is 1.69. The Bertz CT molecular complexity index is 713. The second-order valence-electron chi connectivity index (χ2n) is 6.75. The standard InChI is InChI=1S/C19H23N3O2/c1-24-18-8-3-2-7-15(18)16-12-17(16)19(23)22-11-4-6-14(22)13-21-10-5-9-20-21/h2-3,5,7-10,14,16-17H,4,6,11-13H2,1H3/t14-,16+,17-/m1/s1. The third kappa shape index (κ3) is 2.79. The largest absolute Gasteiger partial charge is 0.496 e. The first kappa shape index (κ1) is 15.2. The molecule has 0 spiro atoms. The van der Waals surface area contributed by atoms with E-state index in [1.165, 1.54) is 5.56 Å². The van der Waals surface area contributed by atoms with Crippen molar-refractivity contribution in [3.63, 3.8) is 0 Å². The van der Waals surface area contributed by atoms with E-state index in [1.807, 2.05) is 35.1 Å². The van der Waals surface area contributed by atoms with Crippen LogP contribution in [0, 0.1) is 5.92 Å². The first-order valence-corrected chi connectivity index (χ1v) is 8.68. The van der Waals surface area contributed by atoms with E-state index in [0.717, 1.165) is 38.1 Å². The molecule has 2 heterocycles. The van der Waals surface area contributed by atoms with Crippen molar-refractivity contribution in [1.29, 1.82) is 0 Å². The van der Waals surface area contributed by atoms with Gasteiger partial charge in [-0.25, -0.2) is 0 Å². The van der Waals surface area contributed by atoms with E-state index in [9.17, 15) is 4.79 Å². The van der Waals surface area contributed by atoms with Crippen LogP contribution in [0.4, 0.5) is 0 Å². The van der Waals surface area contributed by atoms with Crippen molar-refractivity contribution in [3.8, 4) is 5.75 Å². The number of hydrogen-bond donors (Lipinski definition) is 0. The number of nitrogens with zero attached hydrogens (tertiary/aromatic N) is 3. The lowest BCUT2D eigenvalue weighted by atomic mass is 10.1. The monoisotopic (exact) mass is 325 g/mol. The Hall–Kier alpha value is -2.30. The molecule has 3 atom stereocenters. The normalized spacial score (nSPS) is 25.7. The van der Waals surface area contributed by atoms with Gasteiger partial charge >= 0.3 is 0 Å². The smallest absolute Gasteiger partial charge is 0.226 e. The molecule has 0 radical (unpaired) electrons. The lowest BCUT2D eigenvalue weighted by Gasteiger charge is -2.25. The summed E-state index contributed by atoms with van der Waals surface area (Å²) in [6.07, 6.45) is 6.85. The summed E-state index contributed by atoms with van der Waals surface area (Å²) in [5.41, 5.74) is 1.17. The molecule has 1 saturated carbocycles. The highest BCUT2D eigenvalue weighted by atomic mass is 16.5. The molecule has 0 bridgehead atoms. The van der Waals surface area contributed by atoms with Gasteiger partial charge in [0.2, 0.25) is 5.91 Å². The van der Waals surface area contributed by atoms with Gasteiger partial charge in [0.15, 0.2) is 0 Å². The van der Waals surface area contributed by atoms with Crippen molar-refractivity contribution in [2.24, 2.45) is 5.92 Å². The van der Waals surface area contributed by atoms with Crippen LogP contribution in [-0.4, -0.2) is 40.3 Å². The lowest BCUT2D eigenvalue weighted by molar-refractivity contribution is -0.133. The highest BCUT2D eigenvalue weighted by molar-refractivity contribution is 5.83. The van der Waals surface area contributed by atoms with Gasteiger partial charge in [-0.3, -0.25) is 9.48 Å². The average molecular weight is 325 g/mol. The molecule has 2 aromatic rings. The average Bonchev–Trinajstić information content (AvgIpc) is 3.00. The van der Waals surface area contributed by atoms with Crippen molar-refractivity contribution in [1.82, 2.24) is 14.7 Å². The Morgan fingerprint density at radius 3 is 3.00 bits per heavy atom. The number of aromatic nitrogens is 2. The van der Waals surface area contributed by atoms with Crippen LogP contribution in [0.25, 0.3) is 0 Å². The number of benzene rings is 1. The fourth-order valence-corrected chi connectivity index (χ4v) is 3.94. The second-order valence-corrected chi connectivity index (χ2v) is 6.75. The van der Waals surface area contributed by atoms with Gasteiger partial charge in [-0.15, -0.1) is 0 Å². The maximum atomic E-state index is 13.0. The number of carbonyl (C=O) groups excluding carboxylic acids is 1. The fraction of sp³-hybridized carbons (Fsp3) is 0.474. The van der Waals surface area contributed by atoms with Crippen LogP contribution in [0.5, 0.6) is 5.75 Å². The third-order valence-corrected chi connectivity index (χ3v) is 5.26. The van der Waals surface area contributed by atoms with Gasteiger partial charge < -0.3 is 9.64 Å². The van der Waals surface area contributed by atoms with Gasteiger partial charge in [-0.2, -0.15) is 5.10 Å². The minimum atomic E-state index is 0.111. The van der Waals surface area contributed by atoms with Gasteiger partial charge in [0.25, 0.3) is 0 Å². The van der Waals surface area contributed by atoms with Crippen molar-refractivity contribution < 1.29 is 9.53 Å². The summed E-state index contributed by atoms with van der Waals surface area (Å²) in [6.45, 7) is 1.67. The minimum Gasteiger partial charge on any atom is -0.496 e. The molecule has 1 aromatic heterocycles. The molecule has 1 aromatic carbocycles. The van der Waals surface area contributed by atoms with Gasteiger partial charge in [0.1, 0.15) is 5.75 Å². The van der Waals surface area contributed by atoms with Crippen molar-refractivity contribution in [2.45, 2.75) is 37.8 Å². The Morgan fingerprint density at radius 2 is 2.21 bits per heavy atom. The Labute approximate surface area is 142 Å². The Kier molecular flexibility index (Phi) is 4.00. The highest BCUT2D eigenvalue weighted by Gasteiger charge is 2.48. The molecule has 5 heteroatoms. The summed E-state index contributed by atoms with van der Waals surface area (Å²) < 4.78 is 7.39. The zero-order chi connectivity index (χ0) is 16.5. The van der Waals surface area contributed by atoms with Crippen molar-refractivity contribution in [3.05, 3.63) is 48.3 Å². The van der Waals surface area contributed by atoms with Crippen LogP contribution in [0.3, 0.4) is 0 Å². The zero-order valence-corrected chi connectivity index (χ0v) is 14.0.